The summed E-state index contributed by atoms with van der Waals surface area (Å²) in [6.07, 6.45) is 0.679. The van der Waals surface area contributed by atoms with Crippen LogP contribution in [-0.4, -0.2) is 14.8 Å². The van der Waals surface area contributed by atoms with Crippen molar-refractivity contribution < 1.29 is 0 Å². The quantitative estimate of drug-likeness (QED) is 0.665. The van der Waals surface area contributed by atoms with Crippen LogP contribution in [0.1, 0.15) is 28.0 Å². The first-order valence-corrected chi connectivity index (χ1v) is 6.84. The molecule has 2 aromatic rings. The Kier molecular flexibility index (Phi) is 4.01. The molecule has 0 radical (unpaired) electrons. The molecule has 0 aliphatic heterocycles. The second-order valence-electron chi connectivity index (χ2n) is 4.19. The third kappa shape index (κ3) is 2.56. The second kappa shape index (κ2) is 5.36. The average molecular weight is 286 g/mol. The Hall–Kier alpha value is -0.950. The largest absolute Gasteiger partial charge is 0.271 e. The van der Waals surface area contributed by atoms with Crippen molar-refractivity contribution in [3.05, 3.63) is 32.5 Å². The van der Waals surface area contributed by atoms with E-state index in [1.807, 2.05) is 26.3 Å². The Balaban J connectivity index is 2.25. The molecule has 18 heavy (non-hydrogen) atoms. The Morgan fingerprint density at radius 3 is 2.72 bits per heavy atom. The molecule has 0 saturated heterocycles. The molecule has 5 nitrogen and oxygen atoms in total. The molecule has 0 spiro atoms. The molecule has 0 fully saturated rings. The van der Waals surface area contributed by atoms with Gasteiger partial charge < -0.3 is 0 Å². The number of nitrogens with one attached hydrogen (secondary N) is 1. The van der Waals surface area contributed by atoms with E-state index in [1.165, 1.54) is 0 Å². The van der Waals surface area contributed by atoms with Crippen LogP contribution in [-0.2, 0) is 13.5 Å². The minimum Gasteiger partial charge on any atom is -0.271 e. The van der Waals surface area contributed by atoms with Gasteiger partial charge in [-0.1, -0.05) is 11.6 Å². The first-order valence-electron chi connectivity index (χ1n) is 5.59. The van der Waals surface area contributed by atoms with Gasteiger partial charge in [-0.05, 0) is 20.3 Å². The van der Waals surface area contributed by atoms with Crippen molar-refractivity contribution in [2.45, 2.75) is 26.3 Å². The van der Waals surface area contributed by atoms with Crippen LogP contribution in [0.5, 0.6) is 0 Å². The summed E-state index contributed by atoms with van der Waals surface area (Å²) >= 11 is 7.83. The summed E-state index contributed by atoms with van der Waals surface area (Å²) in [4.78, 5) is 4.45. The number of nitrogens with two attached hydrogens (primary N) is 1. The topological polar surface area (TPSA) is 68.8 Å². The molecule has 98 valence electrons. The lowest BCUT2D eigenvalue weighted by Gasteiger charge is -2.13. The van der Waals surface area contributed by atoms with Crippen LogP contribution in [0.15, 0.2) is 5.38 Å². The summed E-state index contributed by atoms with van der Waals surface area (Å²) in [5.74, 6) is 5.61. The van der Waals surface area contributed by atoms with Gasteiger partial charge in [0.15, 0.2) is 0 Å². The number of aromatic nitrogens is 3. The highest BCUT2D eigenvalue weighted by Gasteiger charge is 2.19. The summed E-state index contributed by atoms with van der Waals surface area (Å²) < 4.78 is 1.67. The molecule has 0 amide bonds. The minimum absolute atomic E-state index is 0.0460. The maximum absolute atomic E-state index is 6.22. The molecule has 2 heterocycles. The minimum atomic E-state index is -0.0460. The van der Waals surface area contributed by atoms with Gasteiger partial charge in [0.2, 0.25) is 0 Å². The second-order valence-corrected chi connectivity index (χ2v) is 5.61. The highest BCUT2D eigenvalue weighted by atomic mass is 35.5. The smallest absolute Gasteiger partial charge is 0.130 e. The zero-order valence-electron chi connectivity index (χ0n) is 10.6. The number of halogens is 1. The van der Waals surface area contributed by atoms with Crippen LogP contribution in [0.4, 0.5) is 0 Å². The zero-order valence-corrected chi connectivity index (χ0v) is 12.1. The maximum atomic E-state index is 6.22. The molecule has 2 rings (SSSR count). The van der Waals surface area contributed by atoms with Crippen molar-refractivity contribution >= 4 is 22.9 Å². The monoisotopic (exact) mass is 285 g/mol. The Labute approximate surface area is 115 Å². The van der Waals surface area contributed by atoms with Crippen LogP contribution < -0.4 is 11.3 Å². The predicted molar refractivity (Wildman–Crippen MR) is 73.6 cm³/mol. The summed E-state index contributed by atoms with van der Waals surface area (Å²) in [6.45, 7) is 3.92. The van der Waals surface area contributed by atoms with Crippen LogP contribution in [0.25, 0.3) is 0 Å². The summed E-state index contributed by atoms with van der Waals surface area (Å²) in [5, 5.41) is 7.99. The van der Waals surface area contributed by atoms with Crippen LogP contribution >= 0.6 is 22.9 Å². The van der Waals surface area contributed by atoms with Gasteiger partial charge >= 0.3 is 0 Å². The lowest BCUT2D eigenvalue weighted by atomic mass is 10.1. The number of aryl methyl sites for hydroxylation is 3. The van der Waals surface area contributed by atoms with Crippen LogP contribution in [0.2, 0.25) is 5.15 Å². The van der Waals surface area contributed by atoms with Gasteiger partial charge in [-0.3, -0.25) is 16.0 Å². The van der Waals surface area contributed by atoms with Gasteiger partial charge in [0, 0.05) is 18.0 Å². The molecule has 0 bridgehead atoms. The highest BCUT2D eigenvalue weighted by Crippen LogP contribution is 2.26. The van der Waals surface area contributed by atoms with Crippen molar-refractivity contribution in [1.82, 2.24) is 20.2 Å². The fraction of sp³-hybridized carbons (Fsp3) is 0.455. The summed E-state index contributed by atoms with van der Waals surface area (Å²) in [5.41, 5.74) is 5.67. The number of hydrogen-bond donors (Lipinski definition) is 2. The third-order valence-corrected chi connectivity index (χ3v) is 4.14. The van der Waals surface area contributed by atoms with Crippen molar-refractivity contribution in [2.24, 2.45) is 12.9 Å². The predicted octanol–water partition coefficient (Wildman–Crippen LogP) is 1.89. The zero-order chi connectivity index (χ0) is 13.3. The molecule has 7 heteroatoms. The molecule has 2 aromatic heterocycles. The van der Waals surface area contributed by atoms with E-state index in [9.17, 15) is 0 Å². The lowest BCUT2D eigenvalue weighted by molar-refractivity contribution is 0.539. The number of hydrogen-bond acceptors (Lipinski definition) is 5. The molecule has 0 aromatic carbocycles. The number of hydrazine groups is 1. The maximum Gasteiger partial charge on any atom is 0.130 e. The van der Waals surface area contributed by atoms with Crippen molar-refractivity contribution in [3.63, 3.8) is 0 Å². The molecular formula is C11H16ClN5S. The van der Waals surface area contributed by atoms with Crippen LogP contribution in [0, 0.1) is 13.8 Å². The first kappa shape index (κ1) is 13.5. The van der Waals surface area contributed by atoms with Crippen molar-refractivity contribution in [3.8, 4) is 0 Å². The Bertz CT molecular complexity index is 548. The van der Waals surface area contributed by atoms with E-state index in [4.69, 9.17) is 17.4 Å². The van der Waals surface area contributed by atoms with E-state index < -0.39 is 0 Å². The van der Waals surface area contributed by atoms with E-state index in [0.29, 0.717) is 11.6 Å². The van der Waals surface area contributed by atoms with E-state index in [0.717, 1.165) is 22.0 Å². The van der Waals surface area contributed by atoms with Gasteiger partial charge in [0.1, 0.15) is 5.15 Å². The molecule has 1 unspecified atom stereocenters. The Morgan fingerprint density at radius 1 is 1.56 bits per heavy atom. The normalized spacial score (nSPS) is 12.9. The SMILES string of the molecule is Cc1nc(C(Cc2c(C)nn(C)c2Cl)NN)cs1. The lowest BCUT2D eigenvalue weighted by Crippen LogP contribution is -2.30. The average Bonchev–Trinajstić information content (AvgIpc) is 2.84. The van der Waals surface area contributed by atoms with Gasteiger partial charge in [-0.2, -0.15) is 5.10 Å². The molecular weight excluding hydrogens is 270 g/mol. The number of nitrogens with zero attached hydrogens (tertiary/aromatic N) is 3. The molecule has 0 aliphatic carbocycles. The van der Waals surface area contributed by atoms with Crippen LogP contribution in [0.3, 0.4) is 0 Å². The van der Waals surface area contributed by atoms with Gasteiger partial charge in [-0.15, -0.1) is 11.3 Å². The Morgan fingerprint density at radius 2 is 2.28 bits per heavy atom. The van der Waals surface area contributed by atoms with E-state index in [-0.39, 0.29) is 6.04 Å². The molecule has 3 N–H and O–H groups in total. The number of rotatable bonds is 4. The van der Waals surface area contributed by atoms with Gasteiger partial charge in [0.05, 0.1) is 22.4 Å². The summed E-state index contributed by atoms with van der Waals surface area (Å²) in [6, 6.07) is -0.0460. The highest BCUT2D eigenvalue weighted by molar-refractivity contribution is 7.09. The van der Waals surface area contributed by atoms with Gasteiger partial charge in [-0.25, -0.2) is 4.98 Å². The van der Waals surface area contributed by atoms with Crippen molar-refractivity contribution in [2.75, 3.05) is 0 Å². The van der Waals surface area contributed by atoms with E-state index in [1.54, 1.807) is 16.0 Å². The number of thiazole rings is 1. The fourth-order valence-electron chi connectivity index (χ4n) is 1.90. The van der Waals surface area contributed by atoms with Gasteiger partial charge in [0.25, 0.3) is 0 Å². The summed E-state index contributed by atoms with van der Waals surface area (Å²) in [7, 11) is 1.83. The standard InChI is InChI=1S/C11H16ClN5S/c1-6-8(11(12)17(3)16-6)4-9(15-13)10-5-18-7(2)14-10/h5,9,15H,4,13H2,1-3H3. The molecule has 1 atom stereocenters. The molecule has 0 aliphatic rings. The van der Waals surface area contributed by atoms with E-state index >= 15 is 0 Å². The van der Waals surface area contributed by atoms with E-state index in [2.05, 4.69) is 15.5 Å². The molecule has 0 saturated carbocycles. The third-order valence-electron chi connectivity index (χ3n) is 2.87. The fourth-order valence-corrected chi connectivity index (χ4v) is 2.82. The first-order chi connectivity index (χ1) is 8.52. The van der Waals surface area contributed by atoms with Crippen molar-refractivity contribution in [1.29, 1.82) is 0 Å².